The van der Waals surface area contributed by atoms with Crippen molar-refractivity contribution < 1.29 is 4.79 Å². The maximum atomic E-state index is 13.5. The molecule has 0 atom stereocenters. The predicted octanol–water partition coefficient (Wildman–Crippen LogP) is 5.57. The lowest BCUT2D eigenvalue weighted by Crippen LogP contribution is -2.14. The number of aryl methyl sites for hydroxylation is 1. The van der Waals surface area contributed by atoms with Gasteiger partial charge in [0.05, 0.1) is 40.9 Å². The molecule has 0 fully saturated rings. The number of amides is 1. The van der Waals surface area contributed by atoms with Crippen molar-refractivity contribution in [3.8, 4) is 11.3 Å². The number of anilines is 1. The largest absolute Gasteiger partial charge is 0.321 e. The summed E-state index contributed by atoms with van der Waals surface area (Å²) in [6.45, 7) is 10.3. The van der Waals surface area contributed by atoms with E-state index in [0.717, 1.165) is 27.9 Å². The van der Waals surface area contributed by atoms with Crippen LogP contribution >= 0.6 is 0 Å². The van der Waals surface area contributed by atoms with Gasteiger partial charge >= 0.3 is 0 Å². The quantitative estimate of drug-likeness (QED) is 0.376. The first-order valence-corrected chi connectivity index (χ1v) is 11.4. The van der Waals surface area contributed by atoms with Gasteiger partial charge in [-0.1, -0.05) is 24.3 Å². The SMILES string of the molecule is Cc1ccccc1-c1cc(C(=O)Nc2cnc3c(cnn3C(C)C)c2)c2cnn(C(C)C)c2n1. The van der Waals surface area contributed by atoms with Gasteiger partial charge in [0, 0.05) is 23.0 Å². The van der Waals surface area contributed by atoms with Gasteiger partial charge in [-0.2, -0.15) is 10.2 Å². The van der Waals surface area contributed by atoms with E-state index in [2.05, 4.69) is 34.3 Å². The van der Waals surface area contributed by atoms with Crippen LogP contribution in [0.3, 0.4) is 0 Å². The normalized spacial score (nSPS) is 11.7. The van der Waals surface area contributed by atoms with Crippen LogP contribution in [-0.2, 0) is 0 Å². The number of rotatable bonds is 5. The molecule has 172 valence electrons. The molecule has 0 bridgehead atoms. The number of benzene rings is 1. The zero-order valence-corrected chi connectivity index (χ0v) is 19.9. The van der Waals surface area contributed by atoms with Crippen molar-refractivity contribution in [1.29, 1.82) is 0 Å². The summed E-state index contributed by atoms with van der Waals surface area (Å²) >= 11 is 0. The third-order valence-corrected chi connectivity index (χ3v) is 5.90. The fourth-order valence-corrected chi connectivity index (χ4v) is 4.17. The highest BCUT2D eigenvalue weighted by Gasteiger charge is 2.20. The second-order valence-electron chi connectivity index (χ2n) is 9.06. The first kappa shape index (κ1) is 21.8. The number of nitrogens with zero attached hydrogens (tertiary/aromatic N) is 6. The Morgan fingerprint density at radius 3 is 2.35 bits per heavy atom. The van der Waals surface area contributed by atoms with Gasteiger partial charge in [0.2, 0.25) is 0 Å². The molecule has 4 aromatic heterocycles. The molecule has 0 radical (unpaired) electrons. The van der Waals surface area contributed by atoms with Crippen molar-refractivity contribution in [2.45, 2.75) is 46.7 Å². The van der Waals surface area contributed by atoms with Crippen molar-refractivity contribution in [2.75, 3.05) is 5.32 Å². The molecule has 0 aliphatic carbocycles. The maximum Gasteiger partial charge on any atom is 0.256 e. The molecule has 34 heavy (non-hydrogen) atoms. The molecule has 0 aliphatic heterocycles. The van der Waals surface area contributed by atoms with Gasteiger partial charge in [-0.3, -0.25) is 4.79 Å². The van der Waals surface area contributed by atoms with Crippen LogP contribution in [0.1, 0.15) is 55.7 Å². The molecule has 8 nitrogen and oxygen atoms in total. The van der Waals surface area contributed by atoms with Crippen molar-refractivity contribution in [2.24, 2.45) is 0 Å². The molecule has 0 spiro atoms. The van der Waals surface area contributed by atoms with E-state index in [-0.39, 0.29) is 18.0 Å². The third kappa shape index (κ3) is 3.71. The molecule has 0 aliphatic rings. The zero-order valence-electron chi connectivity index (χ0n) is 19.9. The average molecular weight is 454 g/mol. The van der Waals surface area contributed by atoms with Gasteiger partial charge in [0.15, 0.2) is 11.3 Å². The lowest BCUT2D eigenvalue weighted by atomic mass is 10.0. The van der Waals surface area contributed by atoms with Crippen LogP contribution < -0.4 is 5.32 Å². The van der Waals surface area contributed by atoms with E-state index in [1.165, 1.54) is 0 Å². The minimum atomic E-state index is -0.233. The monoisotopic (exact) mass is 453 g/mol. The van der Waals surface area contributed by atoms with Crippen molar-refractivity contribution in [3.05, 3.63) is 66.1 Å². The molecule has 8 heteroatoms. The summed E-state index contributed by atoms with van der Waals surface area (Å²) in [5, 5.41) is 13.5. The maximum absolute atomic E-state index is 13.5. The van der Waals surface area contributed by atoms with Gasteiger partial charge < -0.3 is 5.32 Å². The fourth-order valence-electron chi connectivity index (χ4n) is 4.17. The van der Waals surface area contributed by atoms with E-state index in [0.29, 0.717) is 22.3 Å². The Morgan fingerprint density at radius 1 is 0.912 bits per heavy atom. The summed E-state index contributed by atoms with van der Waals surface area (Å²) in [6, 6.07) is 12.1. The van der Waals surface area contributed by atoms with Gasteiger partial charge in [-0.25, -0.2) is 19.3 Å². The molecule has 1 aromatic carbocycles. The molecular weight excluding hydrogens is 426 g/mol. The fraction of sp³-hybridized carbons (Fsp3) is 0.269. The Labute approximate surface area is 197 Å². The highest BCUT2D eigenvalue weighted by Crippen LogP contribution is 2.29. The Morgan fingerprint density at radius 2 is 1.62 bits per heavy atom. The average Bonchev–Trinajstić information content (AvgIpc) is 3.42. The lowest BCUT2D eigenvalue weighted by Gasteiger charge is -2.12. The molecule has 5 aromatic rings. The number of aromatic nitrogens is 6. The summed E-state index contributed by atoms with van der Waals surface area (Å²) in [6.07, 6.45) is 5.15. The van der Waals surface area contributed by atoms with Gasteiger partial charge in [0.1, 0.15) is 0 Å². The highest BCUT2D eigenvalue weighted by molar-refractivity contribution is 6.13. The molecule has 0 saturated carbocycles. The molecular formula is C26H27N7O. The topological polar surface area (TPSA) is 90.5 Å². The summed E-state index contributed by atoms with van der Waals surface area (Å²) in [4.78, 5) is 22.9. The summed E-state index contributed by atoms with van der Waals surface area (Å²) < 4.78 is 3.71. The second-order valence-corrected chi connectivity index (χ2v) is 9.06. The van der Waals surface area contributed by atoms with E-state index in [4.69, 9.17) is 4.98 Å². The first-order valence-electron chi connectivity index (χ1n) is 11.4. The van der Waals surface area contributed by atoms with Crippen LogP contribution in [0, 0.1) is 6.92 Å². The Kier molecular flexibility index (Phi) is 5.36. The second kappa shape index (κ2) is 8.37. The number of hydrogen-bond acceptors (Lipinski definition) is 5. The van der Waals surface area contributed by atoms with Crippen LogP contribution in [0.5, 0.6) is 0 Å². The highest BCUT2D eigenvalue weighted by atomic mass is 16.1. The Balaban J connectivity index is 1.59. The van der Waals surface area contributed by atoms with E-state index in [9.17, 15) is 4.79 Å². The Hall–Kier alpha value is -4.07. The first-order chi connectivity index (χ1) is 16.3. The smallest absolute Gasteiger partial charge is 0.256 e. The Bertz CT molecular complexity index is 1530. The van der Waals surface area contributed by atoms with Gasteiger partial charge in [-0.05, 0) is 52.3 Å². The van der Waals surface area contributed by atoms with Gasteiger partial charge in [0.25, 0.3) is 5.91 Å². The van der Waals surface area contributed by atoms with Crippen LogP contribution in [0.2, 0.25) is 0 Å². The summed E-state index contributed by atoms with van der Waals surface area (Å²) in [7, 11) is 0. The van der Waals surface area contributed by atoms with E-state index in [1.807, 2.05) is 66.5 Å². The molecule has 5 rings (SSSR count). The van der Waals surface area contributed by atoms with Crippen molar-refractivity contribution in [1.82, 2.24) is 29.5 Å². The van der Waals surface area contributed by atoms with Crippen LogP contribution in [0.25, 0.3) is 33.3 Å². The third-order valence-electron chi connectivity index (χ3n) is 5.90. The number of fused-ring (bicyclic) bond motifs is 2. The number of carbonyl (C=O) groups excluding carboxylic acids is 1. The van der Waals surface area contributed by atoms with E-state index in [1.54, 1.807) is 18.6 Å². The minimum Gasteiger partial charge on any atom is -0.321 e. The van der Waals surface area contributed by atoms with Crippen molar-refractivity contribution in [3.63, 3.8) is 0 Å². The van der Waals surface area contributed by atoms with Crippen LogP contribution in [-0.4, -0.2) is 35.4 Å². The van der Waals surface area contributed by atoms with E-state index < -0.39 is 0 Å². The predicted molar refractivity (Wildman–Crippen MR) is 134 cm³/mol. The minimum absolute atomic E-state index is 0.108. The molecule has 0 unspecified atom stereocenters. The van der Waals surface area contributed by atoms with E-state index >= 15 is 0 Å². The number of pyridine rings is 2. The van der Waals surface area contributed by atoms with Crippen LogP contribution in [0.4, 0.5) is 5.69 Å². The van der Waals surface area contributed by atoms with Gasteiger partial charge in [-0.15, -0.1) is 0 Å². The number of carbonyl (C=O) groups is 1. The van der Waals surface area contributed by atoms with Crippen LogP contribution in [0.15, 0.2) is 55.0 Å². The molecule has 1 amide bonds. The molecule has 0 saturated heterocycles. The lowest BCUT2D eigenvalue weighted by molar-refractivity contribution is 0.102. The number of nitrogens with one attached hydrogen (secondary N) is 1. The molecule has 1 N–H and O–H groups in total. The molecule has 4 heterocycles. The summed E-state index contributed by atoms with van der Waals surface area (Å²) in [5.74, 6) is -0.233. The standard InChI is InChI=1S/C26H27N7O/c1-15(2)32-24-18(12-28-32)10-19(13-27-24)30-26(34)21-11-23(20-9-7-6-8-17(20)5)31-25-22(21)14-29-33(25)16(3)4/h6-16H,1-5H3,(H,30,34). The number of hydrogen-bond donors (Lipinski definition) is 1. The summed E-state index contributed by atoms with van der Waals surface area (Å²) in [5.41, 5.74) is 5.43. The van der Waals surface area contributed by atoms with Crippen molar-refractivity contribution >= 4 is 33.7 Å². The zero-order chi connectivity index (χ0) is 24.0.